The molecule has 1 aliphatic rings. The van der Waals surface area contributed by atoms with Crippen LogP contribution >= 0.6 is 11.8 Å². The van der Waals surface area contributed by atoms with Crippen LogP contribution in [0.25, 0.3) is 0 Å². The second kappa shape index (κ2) is 9.92. The van der Waals surface area contributed by atoms with E-state index in [4.69, 9.17) is 4.74 Å². The normalized spacial score (nSPS) is 15.6. The van der Waals surface area contributed by atoms with Gasteiger partial charge in [0.1, 0.15) is 11.1 Å². The summed E-state index contributed by atoms with van der Waals surface area (Å²) >= 11 is 1.62. The molecule has 0 saturated carbocycles. The topological polar surface area (TPSA) is 49.9 Å². The van der Waals surface area contributed by atoms with Crippen molar-refractivity contribution in [3.8, 4) is 5.75 Å². The maximum atomic E-state index is 13.0. The molecule has 0 N–H and O–H groups in total. The van der Waals surface area contributed by atoms with Crippen molar-refractivity contribution in [2.45, 2.75) is 18.5 Å². The van der Waals surface area contributed by atoms with Gasteiger partial charge in [-0.25, -0.2) is 0 Å². The van der Waals surface area contributed by atoms with Crippen molar-refractivity contribution in [2.24, 2.45) is 0 Å². The lowest BCUT2D eigenvalue weighted by molar-refractivity contribution is -0.128. The highest BCUT2D eigenvalue weighted by molar-refractivity contribution is 8.00. The summed E-state index contributed by atoms with van der Waals surface area (Å²) in [5.41, 5.74) is 3.72. The van der Waals surface area contributed by atoms with E-state index in [9.17, 15) is 9.59 Å². The smallest absolute Gasteiger partial charge is 0.253 e. The van der Waals surface area contributed by atoms with Crippen LogP contribution in [0.1, 0.15) is 32.4 Å². The predicted molar refractivity (Wildman–Crippen MR) is 127 cm³/mol. The fourth-order valence-electron chi connectivity index (χ4n) is 3.85. The molecule has 32 heavy (non-hydrogen) atoms. The van der Waals surface area contributed by atoms with E-state index >= 15 is 0 Å². The molecule has 0 radical (unpaired) electrons. The van der Waals surface area contributed by atoms with Gasteiger partial charge in [-0.2, -0.15) is 0 Å². The number of carbonyl (C=O) groups excluding carboxylic acids is 2. The Balaban J connectivity index is 1.46. The molecule has 3 aromatic carbocycles. The molecule has 1 atom stereocenters. The number of benzene rings is 3. The molecule has 0 unspecified atom stereocenters. The molecule has 1 aliphatic heterocycles. The minimum Gasteiger partial charge on any atom is -0.496 e. The van der Waals surface area contributed by atoms with E-state index in [-0.39, 0.29) is 17.2 Å². The number of nitrogens with zero attached hydrogens (tertiary/aromatic N) is 2. The average Bonchev–Trinajstić information content (AvgIpc) is 3.19. The zero-order valence-corrected chi connectivity index (χ0v) is 19.0. The van der Waals surface area contributed by atoms with E-state index in [1.807, 2.05) is 83.8 Å². The zero-order valence-electron chi connectivity index (χ0n) is 18.2. The van der Waals surface area contributed by atoms with E-state index in [1.54, 1.807) is 30.8 Å². The van der Waals surface area contributed by atoms with Crippen molar-refractivity contribution in [2.75, 3.05) is 19.9 Å². The van der Waals surface area contributed by atoms with E-state index in [0.717, 1.165) is 22.4 Å². The van der Waals surface area contributed by atoms with Gasteiger partial charge in [0.05, 0.1) is 12.9 Å². The van der Waals surface area contributed by atoms with Crippen molar-refractivity contribution in [3.63, 3.8) is 0 Å². The van der Waals surface area contributed by atoms with Gasteiger partial charge >= 0.3 is 0 Å². The third kappa shape index (κ3) is 4.81. The van der Waals surface area contributed by atoms with Gasteiger partial charge in [-0.3, -0.25) is 9.59 Å². The Hall–Kier alpha value is -3.25. The van der Waals surface area contributed by atoms with Crippen LogP contribution in [-0.2, 0) is 17.9 Å². The predicted octanol–water partition coefficient (Wildman–Crippen LogP) is 4.74. The zero-order chi connectivity index (χ0) is 22.5. The molecule has 0 aliphatic carbocycles. The summed E-state index contributed by atoms with van der Waals surface area (Å²) in [6, 6.07) is 25.3. The summed E-state index contributed by atoms with van der Waals surface area (Å²) in [4.78, 5) is 29.0. The second-order valence-electron chi connectivity index (χ2n) is 7.77. The Kier molecular flexibility index (Phi) is 6.81. The van der Waals surface area contributed by atoms with Crippen molar-refractivity contribution in [1.29, 1.82) is 0 Å². The van der Waals surface area contributed by atoms with Crippen LogP contribution in [0, 0.1) is 0 Å². The lowest BCUT2D eigenvalue weighted by Gasteiger charge is -2.25. The highest BCUT2D eigenvalue weighted by atomic mass is 32.2. The Bertz CT molecular complexity index is 1090. The lowest BCUT2D eigenvalue weighted by Crippen LogP contribution is -2.28. The molecule has 1 saturated heterocycles. The number of para-hydroxylation sites is 1. The number of methoxy groups -OCH3 is 1. The van der Waals surface area contributed by atoms with E-state index in [0.29, 0.717) is 24.4 Å². The molecule has 4 rings (SSSR count). The molecular formula is C26H26N2O3S. The standard InChI is InChI=1S/C26H26N2O3S/c1-27(17-22-10-6-7-11-23(22)31-2)25(30)20-12-14-21(15-13-20)26-28(24(29)18-32-26)16-19-8-4-3-5-9-19/h3-15,26H,16-18H2,1-2H3/t26-/m1/s1. The van der Waals surface area contributed by atoms with Crippen molar-refractivity contribution in [1.82, 2.24) is 9.80 Å². The summed E-state index contributed by atoms with van der Waals surface area (Å²) in [6.45, 7) is 1.04. The quantitative estimate of drug-likeness (QED) is 0.526. The molecule has 1 heterocycles. The van der Waals surface area contributed by atoms with Crippen molar-refractivity contribution >= 4 is 23.6 Å². The number of hydrogen-bond acceptors (Lipinski definition) is 4. The van der Waals surface area contributed by atoms with Gasteiger partial charge in [-0.05, 0) is 29.3 Å². The van der Waals surface area contributed by atoms with Crippen LogP contribution < -0.4 is 4.74 Å². The summed E-state index contributed by atoms with van der Waals surface area (Å²) in [6.07, 6.45) is 0. The minimum absolute atomic E-state index is 0.0434. The highest BCUT2D eigenvalue weighted by Crippen LogP contribution is 2.39. The van der Waals surface area contributed by atoms with Gasteiger partial charge in [-0.15, -0.1) is 11.8 Å². The van der Waals surface area contributed by atoms with Gasteiger partial charge in [0.15, 0.2) is 0 Å². The molecule has 1 fully saturated rings. The first-order valence-corrected chi connectivity index (χ1v) is 11.5. The number of carbonyl (C=O) groups is 2. The van der Waals surface area contributed by atoms with Crippen molar-refractivity contribution in [3.05, 3.63) is 101 Å². The van der Waals surface area contributed by atoms with E-state index in [2.05, 4.69) is 0 Å². The number of rotatable bonds is 7. The minimum atomic E-state index is -0.0567. The summed E-state index contributed by atoms with van der Waals surface area (Å²) in [5.74, 6) is 1.32. The van der Waals surface area contributed by atoms with Crippen LogP contribution in [0.4, 0.5) is 0 Å². The molecule has 0 aromatic heterocycles. The van der Waals surface area contributed by atoms with E-state index in [1.165, 1.54) is 0 Å². The van der Waals surface area contributed by atoms with Crippen LogP contribution in [0.5, 0.6) is 5.75 Å². The molecule has 0 bridgehead atoms. The largest absolute Gasteiger partial charge is 0.496 e. The Morgan fingerprint density at radius 3 is 2.44 bits per heavy atom. The molecular weight excluding hydrogens is 420 g/mol. The molecule has 5 nitrogen and oxygen atoms in total. The van der Waals surface area contributed by atoms with Gasteiger partial charge < -0.3 is 14.5 Å². The molecule has 164 valence electrons. The van der Waals surface area contributed by atoms with Crippen molar-refractivity contribution < 1.29 is 14.3 Å². The number of hydrogen-bond donors (Lipinski definition) is 0. The first-order chi connectivity index (χ1) is 15.6. The van der Waals surface area contributed by atoms with Gasteiger partial charge in [0, 0.05) is 31.3 Å². The Morgan fingerprint density at radius 1 is 1.03 bits per heavy atom. The van der Waals surface area contributed by atoms with Gasteiger partial charge in [0.25, 0.3) is 5.91 Å². The van der Waals surface area contributed by atoms with Gasteiger partial charge in [-0.1, -0.05) is 60.7 Å². The van der Waals surface area contributed by atoms with Gasteiger partial charge in [0.2, 0.25) is 5.91 Å². The Labute approximate surface area is 193 Å². The van der Waals surface area contributed by atoms with Crippen LogP contribution in [0.15, 0.2) is 78.9 Å². The fourth-order valence-corrected chi connectivity index (χ4v) is 5.04. The molecule has 0 spiro atoms. The summed E-state index contributed by atoms with van der Waals surface area (Å²) in [7, 11) is 3.42. The number of ether oxygens (including phenoxy) is 1. The van der Waals surface area contributed by atoms with Crippen LogP contribution in [0.2, 0.25) is 0 Å². The monoisotopic (exact) mass is 446 g/mol. The maximum Gasteiger partial charge on any atom is 0.253 e. The highest BCUT2D eigenvalue weighted by Gasteiger charge is 2.32. The SMILES string of the molecule is COc1ccccc1CN(C)C(=O)c1ccc([C@H]2SCC(=O)N2Cc2ccccc2)cc1. The maximum absolute atomic E-state index is 13.0. The molecule has 2 amide bonds. The molecule has 3 aromatic rings. The fraction of sp³-hybridized carbons (Fsp3) is 0.231. The summed E-state index contributed by atoms with van der Waals surface area (Å²) in [5, 5.41) is -0.0434. The average molecular weight is 447 g/mol. The summed E-state index contributed by atoms with van der Waals surface area (Å²) < 4.78 is 5.39. The number of thioether (sulfide) groups is 1. The number of amides is 2. The first kappa shape index (κ1) is 22.0. The van der Waals surface area contributed by atoms with Crippen LogP contribution in [-0.4, -0.2) is 41.5 Å². The Morgan fingerprint density at radius 2 is 1.72 bits per heavy atom. The third-order valence-corrected chi connectivity index (χ3v) is 6.81. The first-order valence-electron chi connectivity index (χ1n) is 10.5. The van der Waals surface area contributed by atoms with Crippen LogP contribution in [0.3, 0.4) is 0 Å². The third-order valence-electron chi connectivity index (χ3n) is 5.55. The lowest BCUT2D eigenvalue weighted by atomic mass is 10.1. The second-order valence-corrected chi connectivity index (χ2v) is 8.83. The van der Waals surface area contributed by atoms with E-state index < -0.39 is 0 Å². The molecule has 6 heteroatoms.